The molecule has 4 heterocycles. The number of carbonyl (C=O) groups excluding carboxylic acids is 3. The van der Waals surface area contributed by atoms with E-state index in [9.17, 15) is 19.5 Å². The van der Waals surface area contributed by atoms with Gasteiger partial charge in [-0.3, -0.25) is 14.4 Å². The first-order valence-corrected chi connectivity index (χ1v) is 16.4. The SMILES string of the molecule is CCCC(C)N1CC=C[C@]23O[C@]4(CC)C=CCN(c5ccc(OCC)cc5)C(=O)[C@@H]4[C@H]2C(=O)N([C@@H](CO)CC(C)C)C3C1=O. The number of fused-ring (bicyclic) bond motifs is 2. The van der Waals surface area contributed by atoms with Crippen LogP contribution >= 0.6 is 0 Å². The predicted molar refractivity (Wildman–Crippen MR) is 169 cm³/mol. The minimum absolute atomic E-state index is 0.0373. The summed E-state index contributed by atoms with van der Waals surface area (Å²) in [6.45, 7) is 13.1. The number of anilines is 1. The Morgan fingerprint density at radius 2 is 1.66 bits per heavy atom. The van der Waals surface area contributed by atoms with E-state index in [2.05, 4.69) is 6.92 Å². The molecule has 2 saturated heterocycles. The Labute approximate surface area is 261 Å². The molecular formula is C35H49N3O6. The Hall–Kier alpha value is -3.17. The minimum atomic E-state index is -1.35. The number of ether oxygens (including phenoxy) is 2. The molecule has 4 aliphatic rings. The summed E-state index contributed by atoms with van der Waals surface area (Å²) >= 11 is 0. The van der Waals surface area contributed by atoms with Gasteiger partial charge in [0.15, 0.2) is 0 Å². The number of rotatable bonds is 11. The van der Waals surface area contributed by atoms with E-state index in [1.54, 1.807) is 9.80 Å². The van der Waals surface area contributed by atoms with Crippen LogP contribution in [0.1, 0.15) is 67.2 Å². The normalized spacial score (nSPS) is 31.1. The van der Waals surface area contributed by atoms with Crippen molar-refractivity contribution in [2.75, 3.05) is 31.2 Å². The average Bonchev–Trinajstić information content (AvgIpc) is 3.29. The predicted octanol–water partition coefficient (Wildman–Crippen LogP) is 4.34. The molecule has 0 aromatic heterocycles. The molecule has 9 nitrogen and oxygen atoms in total. The largest absolute Gasteiger partial charge is 0.494 e. The zero-order valence-corrected chi connectivity index (χ0v) is 27.1. The molecule has 0 aliphatic carbocycles. The van der Waals surface area contributed by atoms with Crippen LogP contribution in [0.4, 0.5) is 5.69 Å². The zero-order valence-electron chi connectivity index (χ0n) is 27.1. The molecule has 2 fully saturated rings. The van der Waals surface area contributed by atoms with E-state index in [4.69, 9.17) is 9.47 Å². The quantitative estimate of drug-likeness (QED) is 0.376. The lowest BCUT2D eigenvalue weighted by atomic mass is 9.73. The number of hydrogen-bond donors (Lipinski definition) is 1. The van der Waals surface area contributed by atoms with Crippen LogP contribution in [-0.4, -0.2) is 88.3 Å². The maximum atomic E-state index is 14.8. The highest BCUT2D eigenvalue weighted by Gasteiger charge is 2.76. The Bertz CT molecular complexity index is 1290. The molecule has 240 valence electrons. The molecule has 1 aromatic carbocycles. The molecule has 2 unspecified atom stereocenters. The molecule has 9 heteroatoms. The third-order valence-electron chi connectivity index (χ3n) is 9.95. The van der Waals surface area contributed by atoms with E-state index in [0.717, 1.165) is 12.8 Å². The van der Waals surface area contributed by atoms with Gasteiger partial charge in [0.25, 0.3) is 0 Å². The van der Waals surface area contributed by atoms with E-state index in [1.807, 2.05) is 88.1 Å². The first kappa shape index (κ1) is 32.2. The van der Waals surface area contributed by atoms with Crippen molar-refractivity contribution in [2.45, 2.75) is 96.6 Å². The number of aliphatic hydroxyl groups is 1. The van der Waals surface area contributed by atoms with Crippen molar-refractivity contribution in [3.63, 3.8) is 0 Å². The van der Waals surface area contributed by atoms with Crippen LogP contribution in [0.2, 0.25) is 0 Å². The van der Waals surface area contributed by atoms with Gasteiger partial charge in [-0.1, -0.05) is 58.4 Å². The second-order valence-corrected chi connectivity index (χ2v) is 13.1. The number of carbonyl (C=O) groups is 3. The van der Waals surface area contributed by atoms with Crippen LogP contribution < -0.4 is 9.64 Å². The fourth-order valence-electron chi connectivity index (χ4n) is 8.02. The molecule has 1 N–H and O–H groups in total. The van der Waals surface area contributed by atoms with Crippen LogP contribution in [0.15, 0.2) is 48.6 Å². The number of aliphatic hydroxyl groups excluding tert-OH is 1. The van der Waals surface area contributed by atoms with E-state index >= 15 is 0 Å². The summed E-state index contributed by atoms with van der Waals surface area (Å²) in [5.41, 5.74) is -1.71. The number of likely N-dealkylation sites (tertiary alicyclic amines) is 1. The summed E-state index contributed by atoms with van der Waals surface area (Å²) < 4.78 is 12.7. The van der Waals surface area contributed by atoms with Gasteiger partial charge >= 0.3 is 0 Å². The van der Waals surface area contributed by atoms with Crippen molar-refractivity contribution >= 4 is 23.4 Å². The minimum Gasteiger partial charge on any atom is -0.494 e. The van der Waals surface area contributed by atoms with Crippen molar-refractivity contribution in [2.24, 2.45) is 17.8 Å². The molecule has 5 rings (SSSR count). The first-order chi connectivity index (χ1) is 21.1. The maximum absolute atomic E-state index is 14.8. The standard InChI is InChI=1S/C35H49N3O6/c1-7-12-24(6)36-19-11-18-35-29(32(41)38(30(35)33(36)42)26(22-39)21-23(4)5)28-31(40)37(20-10-17-34(28,8-2)44-35)25-13-15-27(16-14-25)43-9-3/h10-11,13-18,23-24,26,28-30,39H,7-9,12,19-22H2,1-6H3/t24?,26-,28+,29+,30?,34-,35+/m1/s1. The van der Waals surface area contributed by atoms with Crippen LogP contribution in [0.3, 0.4) is 0 Å². The van der Waals surface area contributed by atoms with Crippen LogP contribution in [0, 0.1) is 17.8 Å². The molecule has 44 heavy (non-hydrogen) atoms. The Kier molecular flexibility index (Phi) is 9.29. The summed E-state index contributed by atoms with van der Waals surface area (Å²) in [5, 5.41) is 10.6. The third-order valence-corrected chi connectivity index (χ3v) is 9.95. The smallest absolute Gasteiger partial charge is 0.249 e. The van der Waals surface area contributed by atoms with Gasteiger partial charge in [-0.05, 0) is 63.3 Å². The lowest BCUT2D eigenvalue weighted by Gasteiger charge is -2.42. The average molecular weight is 608 g/mol. The highest BCUT2D eigenvalue weighted by atomic mass is 16.5. The fourth-order valence-corrected chi connectivity index (χ4v) is 8.02. The van der Waals surface area contributed by atoms with Crippen LogP contribution in [0.25, 0.3) is 0 Å². The van der Waals surface area contributed by atoms with E-state index < -0.39 is 35.1 Å². The van der Waals surface area contributed by atoms with Gasteiger partial charge in [-0.2, -0.15) is 0 Å². The summed E-state index contributed by atoms with van der Waals surface area (Å²) in [6.07, 6.45) is 10.5. The summed E-state index contributed by atoms with van der Waals surface area (Å²) in [5.74, 6) is -1.57. The molecular weight excluding hydrogens is 558 g/mol. The van der Waals surface area contributed by atoms with Gasteiger partial charge in [-0.25, -0.2) is 0 Å². The number of nitrogens with zero attached hydrogens (tertiary/aromatic N) is 3. The number of hydrogen-bond acceptors (Lipinski definition) is 6. The monoisotopic (exact) mass is 607 g/mol. The number of benzene rings is 1. The van der Waals surface area contributed by atoms with Gasteiger partial charge in [-0.15, -0.1) is 0 Å². The van der Waals surface area contributed by atoms with Crippen LogP contribution in [0.5, 0.6) is 5.75 Å². The topological polar surface area (TPSA) is 99.6 Å². The molecule has 1 spiro atoms. The second-order valence-electron chi connectivity index (χ2n) is 13.1. The summed E-state index contributed by atoms with van der Waals surface area (Å²) in [4.78, 5) is 49.4. The molecule has 3 amide bonds. The summed E-state index contributed by atoms with van der Waals surface area (Å²) in [6, 6.07) is 5.81. The maximum Gasteiger partial charge on any atom is 0.249 e. The van der Waals surface area contributed by atoms with Crippen molar-refractivity contribution in [3.05, 3.63) is 48.6 Å². The lowest BCUT2D eigenvalue weighted by Crippen LogP contribution is -2.60. The van der Waals surface area contributed by atoms with Crippen molar-refractivity contribution in [1.82, 2.24) is 9.80 Å². The lowest BCUT2D eigenvalue weighted by molar-refractivity contribution is -0.157. The molecule has 4 aliphatic heterocycles. The zero-order chi connectivity index (χ0) is 31.8. The highest BCUT2D eigenvalue weighted by Crippen LogP contribution is 2.59. The highest BCUT2D eigenvalue weighted by molar-refractivity contribution is 6.04. The molecule has 1 aromatic rings. The van der Waals surface area contributed by atoms with Crippen molar-refractivity contribution < 1.29 is 29.0 Å². The first-order valence-electron chi connectivity index (χ1n) is 16.4. The van der Waals surface area contributed by atoms with Gasteiger partial charge in [0.05, 0.1) is 36.7 Å². The molecule has 0 radical (unpaired) electrons. The van der Waals surface area contributed by atoms with Gasteiger partial charge in [0.1, 0.15) is 17.4 Å². The van der Waals surface area contributed by atoms with E-state index in [1.165, 1.54) is 0 Å². The van der Waals surface area contributed by atoms with Crippen molar-refractivity contribution in [3.8, 4) is 5.75 Å². The Morgan fingerprint density at radius 3 is 2.27 bits per heavy atom. The Morgan fingerprint density at radius 1 is 0.955 bits per heavy atom. The van der Waals surface area contributed by atoms with E-state index in [0.29, 0.717) is 44.0 Å². The summed E-state index contributed by atoms with van der Waals surface area (Å²) in [7, 11) is 0. The molecule has 0 bridgehead atoms. The second kappa shape index (κ2) is 12.7. The Balaban J connectivity index is 1.64. The van der Waals surface area contributed by atoms with E-state index in [-0.39, 0.29) is 36.3 Å². The molecule has 0 saturated carbocycles. The van der Waals surface area contributed by atoms with Crippen LogP contribution in [-0.2, 0) is 19.1 Å². The van der Waals surface area contributed by atoms with Gasteiger partial charge in [0, 0.05) is 24.8 Å². The van der Waals surface area contributed by atoms with Gasteiger partial charge < -0.3 is 29.3 Å². The fraction of sp³-hybridized carbons (Fsp3) is 0.629. The van der Waals surface area contributed by atoms with Crippen molar-refractivity contribution in [1.29, 1.82) is 0 Å². The van der Waals surface area contributed by atoms with Gasteiger partial charge in [0.2, 0.25) is 17.7 Å². The molecule has 7 atom stereocenters. The number of amides is 3. The third kappa shape index (κ3) is 5.15.